The summed E-state index contributed by atoms with van der Waals surface area (Å²) < 4.78 is 27.9. The topological polar surface area (TPSA) is 66.5 Å². The first-order valence-electron chi connectivity index (χ1n) is 9.09. The fourth-order valence-corrected chi connectivity index (χ4v) is 5.05. The third kappa shape index (κ3) is 4.98. The standard InChI is InChI=1S/C22H21ClN2O3S2/c1-16-20(23)12-7-13-21(16)25(30(27,28)19-10-4-3-5-11-19)15-22(26)24-17-8-6-9-18(14-17)29-2/h3-14H,15H2,1-2H3,(H,24,26). The normalized spacial score (nSPS) is 11.2. The molecule has 0 spiro atoms. The van der Waals surface area contributed by atoms with Gasteiger partial charge < -0.3 is 5.32 Å². The molecule has 0 aliphatic rings. The first kappa shape index (κ1) is 22.2. The molecule has 0 radical (unpaired) electrons. The average Bonchev–Trinajstić information content (AvgIpc) is 2.75. The first-order chi connectivity index (χ1) is 14.3. The molecule has 5 nitrogen and oxygen atoms in total. The van der Waals surface area contributed by atoms with Gasteiger partial charge in [-0.2, -0.15) is 0 Å². The molecule has 30 heavy (non-hydrogen) atoms. The number of nitrogens with zero attached hydrogens (tertiary/aromatic N) is 1. The molecule has 0 bridgehead atoms. The molecule has 3 aromatic carbocycles. The third-order valence-corrected chi connectivity index (χ3v) is 7.39. The van der Waals surface area contributed by atoms with Crippen LogP contribution in [-0.4, -0.2) is 27.1 Å². The van der Waals surface area contributed by atoms with E-state index in [2.05, 4.69) is 5.32 Å². The Labute approximate surface area is 186 Å². The Morgan fingerprint density at radius 2 is 1.73 bits per heavy atom. The summed E-state index contributed by atoms with van der Waals surface area (Å²) in [5.41, 5.74) is 1.54. The maximum Gasteiger partial charge on any atom is 0.264 e. The summed E-state index contributed by atoms with van der Waals surface area (Å²) in [4.78, 5) is 13.9. The predicted octanol–water partition coefficient (Wildman–Crippen LogP) is 5.20. The van der Waals surface area contributed by atoms with Gasteiger partial charge in [-0.25, -0.2) is 8.42 Å². The van der Waals surface area contributed by atoms with E-state index in [-0.39, 0.29) is 11.4 Å². The molecule has 1 amide bonds. The molecule has 156 valence electrons. The van der Waals surface area contributed by atoms with E-state index in [1.807, 2.05) is 24.5 Å². The highest BCUT2D eigenvalue weighted by atomic mass is 35.5. The number of rotatable bonds is 7. The van der Waals surface area contributed by atoms with E-state index in [0.717, 1.165) is 9.20 Å². The molecule has 0 unspecified atom stereocenters. The van der Waals surface area contributed by atoms with Gasteiger partial charge in [0.15, 0.2) is 0 Å². The molecule has 3 aromatic rings. The van der Waals surface area contributed by atoms with Gasteiger partial charge in [-0.3, -0.25) is 9.10 Å². The summed E-state index contributed by atoms with van der Waals surface area (Å²) in [5, 5.41) is 3.21. The molecule has 0 saturated carbocycles. The molecule has 1 N–H and O–H groups in total. The van der Waals surface area contributed by atoms with Gasteiger partial charge in [0, 0.05) is 15.6 Å². The highest BCUT2D eigenvalue weighted by Gasteiger charge is 2.28. The number of carbonyl (C=O) groups excluding carboxylic acids is 1. The van der Waals surface area contributed by atoms with Crippen LogP contribution >= 0.6 is 23.4 Å². The Balaban J connectivity index is 1.97. The maximum atomic E-state index is 13.4. The molecule has 0 saturated heterocycles. The lowest BCUT2D eigenvalue weighted by Gasteiger charge is -2.26. The smallest absolute Gasteiger partial charge is 0.264 e. The first-order valence-corrected chi connectivity index (χ1v) is 12.1. The van der Waals surface area contributed by atoms with Gasteiger partial charge in [-0.1, -0.05) is 41.9 Å². The minimum absolute atomic E-state index is 0.0987. The number of hydrogen-bond acceptors (Lipinski definition) is 4. The van der Waals surface area contributed by atoms with Crippen molar-refractivity contribution in [2.75, 3.05) is 22.4 Å². The number of benzene rings is 3. The number of thioether (sulfide) groups is 1. The Bertz CT molecular complexity index is 1150. The molecule has 0 aliphatic heterocycles. The number of carbonyl (C=O) groups is 1. The van der Waals surface area contributed by atoms with E-state index < -0.39 is 15.9 Å². The monoisotopic (exact) mass is 460 g/mol. The zero-order valence-corrected chi connectivity index (χ0v) is 18.9. The Morgan fingerprint density at radius 3 is 2.43 bits per heavy atom. The van der Waals surface area contributed by atoms with E-state index >= 15 is 0 Å². The Morgan fingerprint density at radius 1 is 1.03 bits per heavy atom. The quantitative estimate of drug-likeness (QED) is 0.492. The van der Waals surface area contributed by atoms with E-state index in [4.69, 9.17) is 11.6 Å². The molecular formula is C22H21ClN2O3S2. The minimum Gasteiger partial charge on any atom is -0.324 e. The zero-order valence-electron chi connectivity index (χ0n) is 16.5. The van der Waals surface area contributed by atoms with Crippen molar-refractivity contribution in [3.05, 3.63) is 83.4 Å². The number of sulfonamides is 1. The van der Waals surface area contributed by atoms with Crippen LogP contribution in [0.3, 0.4) is 0 Å². The van der Waals surface area contributed by atoms with Gasteiger partial charge in [0.25, 0.3) is 10.0 Å². The second kappa shape index (κ2) is 9.55. The van der Waals surface area contributed by atoms with Gasteiger partial charge in [0.2, 0.25) is 5.91 Å². The molecular weight excluding hydrogens is 440 g/mol. The Hall–Kier alpha value is -2.48. The highest BCUT2D eigenvalue weighted by molar-refractivity contribution is 7.98. The van der Waals surface area contributed by atoms with E-state index in [1.165, 1.54) is 12.1 Å². The van der Waals surface area contributed by atoms with Gasteiger partial charge in [-0.05, 0) is 61.2 Å². The van der Waals surface area contributed by atoms with Gasteiger partial charge in [0.1, 0.15) is 6.54 Å². The Kier molecular flexibility index (Phi) is 7.07. The highest BCUT2D eigenvalue weighted by Crippen LogP contribution is 2.31. The minimum atomic E-state index is -3.98. The van der Waals surface area contributed by atoms with Gasteiger partial charge in [-0.15, -0.1) is 11.8 Å². The van der Waals surface area contributed by atoms with Crippen molar-refractivity contribution in [2.24, 2.45) is 0 Å². The maximum absolute atomic E-state index is 13.4. The van der Waals surface area contributed by atoms with E-state index in [0.29, 0.717) is 22.0 Å². The van der Waals surface area contributed by atoms with Crippen LogP contribution in [0.25, 0.3) is 0 Å². The average molecular weight is 461 g/mol. The van der Waals surface area contributed by atoms with Crippen molar-refractivity contribution in [3.63, 3.8) is 0 Å². The van der Waals surface area contributed by atoms with E-state index in [9.17, 15) is 13.2 Å². The van der Waals surface area contributed by atoms with Gasteiger partial charge in [0.05, 0.1) is 10.6 Å². The zero-order chi connectivity index (χ0) is 21.7. The molecule has 0 aromatic heterocycles. The van der Waals surface area contributed by atoms with Crippen molar-refractivity contribution in [1.29, 1.82) is 0 Å². The molecule has 0 aliphatic carbocycles. The molecule has 3 rings (SSSR count). The van der Waals surface area contributed by atoms with Crippen molar-refractivity contribution >= 4 is 50.7 Å². The number of halogens is 1. The van der Waals surface area contributed by atoms with Crippen LogP contribution in [-0.2, 0) is 14.8 Å². The summed E-state index contributed by atoms with van der Waals surface area (Å²) in [6.07, 6.45) is 1.94. The second-order valence-corrected chi connectivity index (χ2v) is 9.64. The largest absolute Gasteiger partial charge is 0.324 e. The van der Waals surface area contributed by atoms with Crippen molar-refractivity contribution in [1.82, 2.24) is 0 Å². The van der Waals surface area contributed by atoms with Crippen LogP contribution in [0.1, 0.15) is 5.56 Å². The molecule has 8 heteroatoms. The molecule has 0 heterocycles. The number of amides is 1. The van der Waals surface area contributed by atoms with Crippen LogP contribution < -0.4 is 9.62 Å². The summed E-state index contributed by atoms with van der Waals surface area (Å²) in [6, 6.07) is 20.4. The van der Waals surface area contributed by atoms with Crippen molar-refractivity contribution in [3.8, 4) is 0 Å². The summed E-state index contributed by atoms with van der Waals surface area (Å²) in [6.45, 7) is 1.34. The van der Waals surface area contributed by atoms with Crippen molar-refractivity contribution < 1.29 is 13.2 Å². The lowest BCUT2D eigenvalue weighted by molar-refractivity contribution is -0.114. The second-order valence-electron chi connectivity index (χ2n) is 6.49. The van der Waals surface area contributed by atoms with Crippen LogP contribution in [0.4, 0.5) is 11.4 Å². The van der Waals surface area contributed by atoms with Crippen LogP contribution in [0.5, 0.6) is 0 Å². The predicted molar refractivity (Wildman–Crippen MR) is 124 cm³/mol. The SMILES string of the molecule is CSc1cccc(NC(=O)CN(c2cccc(Cl)c2C)S(=O)(=O)c2ccccc2)c1. The molecule has 0 atom stereocenters. The fourth-order valence-electron chi connectivity index (χ4n) is 2.92. The lowest BCUT2D eigenvalue weighted by Crippen LogP contribution is -2.38. The van der Waals surface area contributed by atoms with Crippen LogP contribution in [0, 0.1) is 6.92 Å². The number of anilines is 2. The fraction of sp³-hybridized carbons (Fsp3) is 0.136. The van der Waals surface area contributed by atoms with E-state index in [1.54, 1.807) is 61.2 Å². The van der Waals surface area contributed by atoms with Crippen LogP contribution in [0.2, 0.25) is 5.02 Å². The lowest BCUT2D eigenvalue weighted by atomic mass is 10.2. The summed E-state index contributed by atoms with van der Waals surface area (Å²) >= 11 is 7.78. The summed E-state index contributed by atoms with van der Waals surface area (Å²) in [7, 11) is -3.98. The summed E-state index contributed by atoms with van der Waals surface area (Å²) in [5.74, 6) is -0.452. The van der Waals surface area contributed by atoms with Crippen LogP contribution in [0.15, 0.2) is 82.6 Å². The third-order valence-electron chi connectivity index (χ3n) is 4.48. The van der Waals surface area contributed by atoms with Gasteiger partial charge >= 0.3 is 0 Å². The number of nitrogens with one attached hydrogen (secondary N) is 1. The molecule has 0 fully saturated rings. The number of hydrogen-bond donors (Lipinski definition) is 1. The van der Waals surface area contributed by atoms with Crippen molar-refractivity contribution in [2.45, 2.75) is 16.7 Å².